The summed E-state index contributed by atoms with van der Waals surface area (Å²) in [6.07, 6.45) is 1.41. The lowest BCUT2D eigenvalue weighted by Crippen LogP contribution is -2.52. The van der Waals surface area contributed by atoms with Crippen LogP contribution in [0.3, 0.4) is 0 Å². The van der Waals surface area contributed by atoms with Gasteiger partial charge in [0.1, 0.15) is 17.6 Å². The molecule has 9 heteroatoms. The van der Waals surface area contributed by atoms with E-state index in [1.165, 1.54) is 18.0 Å². The molecule has 2 aliphatic heterocycles. The van der Waals surface area contributed by atoms with Gasteiger partial charge >= 0.3 is 0 Å². The molecule has 1 fully saturated rings. The van der Waals surface area contributed by atoms with E-state index in [0.29, 0.717) is 17.3 Å². The van der Waals surface area contributed by atoms with Crippen molar-refractivity contribution in [2.75, 3.05) is 12.9 Å². The number of nitrogens with one attached hydrogen (secondary N) is 1. The average molecular weight is 488 g/mol. The number of hydrogen-bond donors (Lipinski definition) is 2. The summed E-state index contributed by atoms with van der Waals surface area (Å²) in [6.45, 7) is 0.521. The highest BCUT2D eigenvalue weighted by Crippen LogP contribution is 2.40. The van der Waals surface area contributed by atoms with Crippen LogP contribution in [0.2, 0.25) is 5.02 Å². The molecule has 2 heterocycles. The van der Waals surface area contributed by atoms with Crippen LogP contribution in [0.4, 0.5) is 4.39 Å². The van der Waals surface area contributed by atoms with Crippen LogP contribution in [0.5, 0.6) is 5.75 Å². The van der Waals surface area contributed by atoms with Crippen LogP contribution >= 0.6 is 23.4 Å². The minimum absolute atomic E-state index is 0.112. The van der Waals surface area contributed by atoms with Crippen molar-refractivity contribution in [3.63, 3.8) is 0 Å². The number of hydrogen-bond acceptors (Lipinski definition) is 6. The summed E-state index contributed by atoms with van der Waals surface area (Å²) in [7, 11) is 1.58. The van der Waals surface area contributed by atoms with Crippen LogP contribution < -0.4 is 15.8 Å². The Balaban J connectivity index is 1.58. The molecule has 33 heavy (non-hydrogen) atoms. The number of benzene rings is 2. The van der Waals surface area contributed by atoms with Gasteiger partial charge in [0.2, 0.25) is 0 Å². The van der Waals surface area contributed by atoms with Gasteiger partial charge in [0.05, 0.1) is 23.6 Å². The molecule has 4 rings (SSSR count). The van der Waals surface area contributed by atoms with Gasteiger partial charge in [-0.3, -0.25) is 9.59 Å². The molecule has 1 unspecified atom stereocenters. The standard InChI is InChI=1S/C24H23ClFN3O3S/c1-32-17-8-4-14(5-9-17)10-28-24(31)18-12-29(11-15-2-6-16(25)7-3-15)21-22(30)19(27)13-33-23(21)20(18)26/h2-9,12,19,21H,10-11,13,27H2,1H3,(H,28,31)/t19-,21?/m0/s1. The van der Waals surface area contributed by atoms with Crippen LogP contribution in [0.1, 0.15) is 11.1 Å². The maximum atomic E-state index is 15.4. The summed E-state index contributed by atoms with van der Waals surface area (Å²) in [5, 5.41) is 3.35. The molecule has 0 aliphatic carbocycles. The highest BCUT2D eigenvalue weighted by molar-refractivity contribution is 8.03. The average Bonchev–Trinajstić information content (AvgIpc) is 2.83. The summed E-state index contributed by atoms with van der Waals surface area (Å²) in [6, 6.07) is 12.8. The van der Waals surface area contributed by atoms with Gasteiger partial charge < -0.3 is 20.7 Å². The van der Waals surface area contributed by atoms with Gasteiger partial charge in [-0.1, -0.05) is 35.9 Å². The lowest BCUT2D eigenvalue weighted by atomic mass is 9.98. The van der Waals surface area contributed by atoms with E-state index in [2.05, 4.69) is 5.32 Å². The number of halogens is 2. The molecule has 3 N–H and O–H groups in total. The lowest BCUT2D eigenvalue weighted by Gasteiger charge is -2.39. The van der Waals surface area contributed by atoms with E-state index in [4.69, 9.17) is 22.1 Å². The Hall–Kier alpha value is -2.81. The molecule has 0 saturated carbocycles. The van der Waals surface area contributed by atoms with E-state index < -0.39 is 23.8 Å². The second-order valence-corrected chi connectivity index (χ2v) is 9.27. The molecule has 172 valence electrons. The van der Waals surface area contributed by atoms with Crippen molar-refractivity contribution in [2.45, 2.75) is 25.2 Å². The van der Waals surface area contributed by atoms with Gasteiger partial charge in [-0.25, -0.2) is 4.39 Å². The highest BCUT2D eigenvalue weighted by atomic mass is 35.5. The van der Waals surface area contributed by atoms with Crippen molar-refractivity contribution in [3.8, 4) is 5.75 Å². The topological polar surface area (TPSA) is 84.7 Å². The number of thioether (sulfide) groups is 1. The van der Waals surface area contributed by atoms with E-state index in [9.17, 15) is 9.59 Å². The van der Waals surface area contributed by atoms with Crippen molar-refractivity contribution in [3.05, 3.63) is 87.2 Å². The molecular formula is C24H23ClFN3O3S. The van der Waals surface area contributed by atoms with Crippen LogP contribution in [0, 0.1) is 0 Å². The van der Waals surface area contributed by atoms with Gasteiger partial charge in [-0.15, -0.1) is 11.8 Å². The SMILES string of the molecule is COc1ccc(CNC(=O)C2=CN(Cc3ccc(Cl)cc3)C3C(=O)[C@@H](N)CSC3=C2F)cc1. The molecular weight excluding hydrogens is 465 g/mol. The van der Waals surface area contributed by atoms with Gasteiger partial charge in [0.15, 0.2) is 5.78 Å². The fourth-order valence-electron chi connectivity index (χ4n) is 3.72. The first-order valence-electron chi connectivity index (χ1n) is 10.3. The second-order valence-electron chi connectivity index (χ2n) is 7.77. The maximum Gasteiger partial charge on any atom is 0.256 e. The number of rotatable bonds is 6. The number of carbonyl (C=O) groups excluding carboxylic acids is 2. The van der Waals surface area contributed by atoms with Crippen LogP contribution in [0.25, 0.3) is 0 Å². The van der Waals surface area contributed by atoms with Crippen molar-refractivity contribution < 1.29 is 18.7 Å². The predicted octanol–water partition coefficient (Wildman–Crippen LogP) is 3.56. The minimum Gasteiger partial charge on any atom is -0.497 e. The van der Waals surface area contributed by atoms with Gasteiger partial charge in [-0.2, -0.15) is 0 Å². The van der Waals surface area contributed by atoms with E-state index in [0.717, 1.165) is 11.1 Å². The first kappa shape index (κ1) is 23.4. The molecule has 6 nitrogen and oxygen atoms in total. The Labute approximate surface area is 200 Å². The Kier molecular flexibility index (Phi) is 7.07. The van der Waals surface area contributed by atoms with E-state index >= 15 is 4.39 Å². The summed E-state index contributed by atoms with van der Waals surface area (Å²) in [5.74, 6) is -0.518. The van der Waals surface area contributed by atoms with Gasteiger partial charge in [-0.05, 0) is 35.4 Å². The Bertz CT molecular complexity index is 1120. The van der Waals surface area contributed by atoms with Crippen molar-refractivity contribution in [2.24, 2.45) is 5.73 Å². The number of nitrogens with zero attached hydrogens (tertiary/aromatic N) is 1. The van der Waals surface area contributed by atoms with Crippen LogP contribution in [0.15, 0.2) is 71.0 Å². The van der Waals surface area contributed by atoms with Gasteiger partial charge in [0.25, 0.3) is 5.91 Å². The highest BCUT2D eigenvalue weighted by Gasteiger charge is 2.42. The normalized spacial score (nSPS) is 20.3. The molecule has 1 saturated heterocycles. The monoisotopic (exact) mass is 487 g/mol. The van der Waals surface area contributed by atoms with Crippen molar-refractivity contribution >= 4 is 35.1 Å². The fourth-order valence-corrected chi connectivity index (χ4v) is 5.01. The number of nitrogens with two attached hydrogens (primary N) is 1. The summed E-state index contributed by atoms with van der Waals surface area (Å²) in [4.78, 5) is 27.7. The molecule has 2 aromatic rings. The number of methoxy groups -OCH3 is 1. The second kappa shape index (κ2) is 9.99. The Morgan fingerprint density at radius 1 is 1.21 bits per heavy atom. The first-order chi connectivity index (χ1) is 15.9. The molecule has 0 radical (unpaired) electrons. The molecule has 0 spiro atoms. The number of carbonyl (C=O) groups is 2. The Morgan fingerprint density at radius 2 is 1.88 bits per heavy atom. The summed E-state index contributed by atoms with van der Waals surface area (Å²) >= 11 is 7.16. The number of ketones is 1. The van der Waals surface area contributed by atoms with Gasteiger partial charge in [0, 0.05) is 30.1 Å². The first-order valence-corrected chi connectivity index (χ1v) is 11.7. The minimum atomic E-state index is -0.854. The number of amides is 1. The quantitative estimate of drug-likeness (QED) is 0.648. The number of fused-ring (bicyclic) bond motifs is 1. The molecule has 0 bridgehead atoms. The number of ether oxygens (including phenoxy) is 1. The van der Waals surface area contributed by atoms with E-state index in [-0.39, 0.29) is 28.6 Å². The maximum absolute atomic E-state index is 15.4. The van der Waals surface area contributed by atoms with E-state index in [1.54, 1.807) is 36.3 Å². The molecule has 2 aromatic carbocycles. The number of Topliss-reactive ketones (excluding diaryl/α,β-unsaturated/α-hetero) is 1. The summed E-state index contributed by atoms with van der Waals surface area (Å²) < 4.78 is 20.5. The molecule has 2 aliphatic rings. The van der Waals surface area contributed by atoms with Crippen LogP contribution in [-0.2, 0) is 22.7 Å². The fraction of sp³-hybridized carbons (Fsp3) is 0.250. The Morgan fingerprint density at radius 3 is 2.55 bits per heavy atom. The van der Waals surface area contributed by atoms with E-state index in [1.807, 2.05) is 24.3 Å². The zero-order valence-corrected chi connectivity index (χ0v) is 19.5. The smallest absolute Gasteiger partial charge is 0.256 e. The third kappa shape index (κ3) is 5.08. The largest absolute Gasteiger partial charge is 0.497 e. The molecule has 1 amide bonds. The predicted molar refractivity (Wildman–Crippen MR) is 127 cm³/mol. The molecule has 0 aromatic heterocycles. The lowest BCUT2D eigenvalue weighted by molar-refractivity contribution is -0.124. The zero-order valence-electron chi connectivity index (χ0n) is 17.9. The molecule has 2 atom stereocenters. The van der Waals surface area contributed by atoms with Crippen molar-refractivity contribution in [1.29, 1.82) is 0 Å². The summed E-state index contributed by atoms with van der Waals surface area (Å²) in [5.41, 5.74) is 7.57. The zero-order chi connectivity index (χ0) is 23.5. The van der Waals surface area contributed by atoms with Crippen LogP contribution in [-0.4, -0.2) is 41.5 Å². The third-order valence-corrected chi connectivity index (χ3v) is 7.01. The third-order valence-electron chi connectivity index (χ3n) is 5.52. The van der Waals surface area contributed by atoms with Crippen molar-refractivity contribution in [1.82, 2.24) is 10.2 Å².